The van der Waals surface area contributed by atoms with E-state index in [4.69, 9.17) is 14.0 Å². The molecule has 146 valence electrons. The Morgan fingerprint density at radius 3 is 2.85 bits per heavy atom. The molecule has 1 aliphatic heterocycles. The van der Waals surface area contributed by atoms with Crippen molar-refractivity contribution in [2.24, 2.45) is 0 Å². The molecule has 8 heteroatoms. The number of nitrogens with one attached hydrogen (secondary N) is 1. The van der Waals surface area contributed by atoms with Gasteiger partial charge in [-0.25, -0.2) is 9.99 Å². The molecule has 3 rings (SSSR count). The summed E-state index contributed by atoms with van der Waals surface area (Å²) in [4.78, 5) is 16.5. The van der Waals surface area contributed by atoms with Crippen molar-refractivity contribution in [2.45, 2.75) is 39.7 Å². The molecule has 1 fully saturated rings. The molecular formula is C19H26N4O4. The summed E-state index contributed by atoms with van der Waals surface area (Å²) in [6.07, 6.45) is 4.55. The van der Waals surface area contributed by atoms with Crippen LogP contribution in [0.5, 0.6) is 5.88 Å². The summed E-state index contributed by atoms with van der Waals surface area (Å²) in [6.45, 7) is 6.97. The van der Waals surface area contributed by atoms with E-state index in [2.05, 4.69) is 22.5 Å². The van der Waals surface area contributed by atoms with Crippen LogP contribution in [0.15, 0.2) is 22.9 Å². The third-order valence-electron chi connectivity index (χ3n) is 4.47. The Kier molecular flexibility index (Phi) is 6.78. The number of pyridine rings is 1. The maximum atomic E-state index is 12.3. The molecule has 1 N–H and O–H groups in total. The van der Waals surface area contributed by atoms with Gasteiger partial charge in [0.15, 0.2) is 0 Å². The zero-order valence-electron chi connectivity index (χ0n) is 15.9. The molecule has 0 aliphatic carbocycles. The van der Waals surface area contributed by atoms with Crippen LogP contribution in [0, 0.1) is 6.92 Å². The van der Waals surface area contributed by atoms with E-state index in [0.29, 0.717) is 44.4 Å². The Bertz CT molecular complexity index is 739. The quantitative estimate of drug-likeness (QED) is 0.758. The van der Waals surface area contributed by atoms with Crippen molar-refractivity contribution >= 4 is 5.91 Å². The number of carbonyl (C=O) groups is 1. The van der Waals surface area contributed by atoms with Crippen LogP contribution in [0.1, 0.15) is 47.1 Å². The largest absolute Gasteiger partial charge is 0.473 e. The Morgan fingerprint density at radius 2 is 2.15 bits per heavy atom. The molecule has 0 bridgehead atoms. The van der Waals surface area contributed by atoms with Crippen LogP contribution in [0.25, 0.3) is 0 Å². The van der Waals surface area contributed by atoms with Gasteiger partial charge in [-0.05, 0) is 25.8 Å². The summed E-state index contributed by atoms with van der Waals surface area (Å²) in [5.74, 6) is 1.04. The second-order valence-electron chi connectivity index (χ2n) is 6.48. The van der Waals surface area contributed by atoms with Crippen molar-refractivity contribution < 1.29 is 18.8 Å². The van der Waals surface area contributed by atoms with Gasteiger partial charge in [-0.15, -0.1) is 0 Å². The number of amides is 1. The monoisotopic (exact) mass is 374 g/mol. The van der Waals surface area contributed by atoms with Gasteiger partial charge in [-0.3, -0.25) is 10.2 Å². The number of aromatic nitrogens is 2. The third kappa shape index (κ3) is 5.27. The highest BCUT2D eigenvalue weighted by Gasteiger charge is 2.16. The number of ether oxygens (including phenoxy) is 2. The average molecular weight is 374 g/mol. The van der Waals surface area contributed by atoms with Gasteiger partial charge in [-0.2, -0.15) is 0 Å². The van der Waals surface area contributed by atoms with Gasteiger partial charge in [-0.1, -0.05) is 18.5 Å². The average Bonchev–Trinajstić information content (AvgIpc) is 3.05. The van der Waals surface area contributed by atoms with Gasteiger partial charge in [0.1, 0.15) is 12.4 Å². The normalized spacial score (nSPS) is 14.9. The number of hydrazine groups is 1. The molecule has 1 amide bonds. The van der Waals surface area contributed by atoms with Gasteiger partial charge in [0.2, 0.25) is 5.88 Å². The predicted octanol–water partition coefficient (Wildman–Crippen LogP) is 2.28. The van der Waals surface area contributed by atoms with Gasteiger partial charge in [0.05, 0.1) is 30.0 Å². The number of hydrogen-bond donors (Lipinski definition) is 1. The lowest BCUT2D eigenvalue weighted by molar-refractivity contribution is 0.0126. The topological polar surface area (TPSA) is 89.7 Å². The second-order valence-corrected chi connectivity index (χ2v) is 6.48. The first kappa shape index (κ1) is 19.3. The Balaban J connectivity index is 1.55. The summed E-state index contributed by atoms with van der Waals surface area (Å²) in [7, 11) is 0. The lowest BCUT2D eigenvalue weighted by atomic mass is 10.1. The lowest BCUT2D eigenvalue weighted by Crippen LogP contribution is -2.48. The van der Waals surface area contributed by atoms with E-state index in [9.17, 15) is 4.79 Å². The number of carbonyl (C=O) groups excluding carboxylic acids is 1. The van der Waals surface area contributed by atoms with Crippen molar-refractivity contribution in [2.75, 3.05) is 26.3 Å². The minimum absolute atomic E-state index is 0.187. The highest BCUT2D eigenvalue weighted by atomic mass is 16.5. The van der Waals surface area contributed by atoms with Crippen molar-refractivity contribution in [3.63, 3.8) is 0 Å². The molecule has 27 heavy (non-hydrogen) atoms. The number of morpholine rings is 1. The van der Waals surface area contributed by atoms with Crippen molar-refractivity contribution in [3.8, 4) is 5.88 Å². The van der Waals surface area contributed by atoms with Crippen molar-refractivity contribution in [1.29, 1.82) is 0 Å². The molecule has 0 unspecified atom stereocenters. The van der Waals surface area contributed by atoms with Gasteiger partial charge < -0.3 is 14.0 Å². The second kappa shape index (κ2) is 9.48. The van der Waals surface area contributed by atoms with Gasteiger partial charge in [0.25, 0.3) is 5.91 Å². The predicted molar refractivity (Wildman–Crippen MR) is 98.3 cm³/mol. The minimum atomic E-state index is -0.187. The van der Waals surface area contributed by atoms with Crippen LogP contribution in [-0.2, 0) is 17.8 Å². The number of aryl methyl sites for hydroxylation is 2. The molecule has 2 aromatic rings. The SMILES string of the molecule is CCCCc1noc(C)c1COc1ccc(C(=O)NN2CCOCC2)cn1. The van der Waals surface area contributed by atoms with Crippen LogP contribution < -0.4 is 10.2 Å². The first-order valence-electron chi connectivity index (χ1n) is 9.34. The third-order valence-corrected chi connectivity index (χ3v) is 4.47. The summed E-state index contributed by atoms with van der Waals surface area (Å²) in [5.41, 5.74) is 5.25. The zero-order valence-corrected chi connectivity index (χ0v) is 15.9. The van der Waals surface area contributed by atoms with E-state index in [1.54, 1.807) is 12.1 Å². The Morgan fingerprint density at radius 1 is 1.33 bits per heavy atom. The van der Waals surface area contributed by atoms with E-state index in [0.717, 1.165) is 36.3 Å². The maximum Gasteiger partial charge on any atom is 0.267 e. The molecule has 8 nitrogen and oxygen atoms in total. The molecule has 2 aromatic heterocycles. The highest BCUT2D eigenvalue weighted by molar-refractivity contribution is 5.93. The van der Waals surface area contributed by atoms with Crippen molar-refractivity contribution in [3.05, 3.63) is 40.9 Å². The van der Waals surface area contributed by atoms with Crippen LogP contribution in [0.4, 0.5) is 0 Å². The smallest absolute Gasteiger partial charge is 0.267 e. The van der Waals surface area contributed by atoms with Crippen LogP contribution in [-0.4, -0.2) is 47.4 Å². The van der Waals surface area contributed by atoms with Gasteiger partial charge >= 0.3 is 0 Å². The Labute approximate surface area is 158 Å². The summed E-state index contributed by atoms with van der Waals surface area (Å²) in [5, 5.41) is 5.97. The molecule has 0 aromatic carbocycles. The highest BCUT2D eigenvalue weighted by Crippen LogP contribution is 2.18. The lowest BCUT2D eigenvalue weighted by Gasteiger charge is -2.26. The van der Waals surface area contributed by atoms with E-state index < -0.39 is 0 Å². The zero-order chi connectivity index (χ0) is 19.1. The number of rotatable bonds is 8. The van der Waals surface area contributed by atoms with E-state index in [-0.39, 0.29) is 5.91 Å². The molecule has 0 atom stereocenters. The van der Waals surface area contributed by atoms with Gasteiger partial charge in [0, 0.05) is 25.4 Å². The molecule has 0 spiro atoms. The fraction of sp³-hybridized carbons (Fsp3) is 0.526. The van der Waals surface area contributed by atoms with Crippen molar-refractivity contribution in [1.82, 2.24) is 20.6 Å². The minimum Gasteiger partial charge on any atom is -0.473 e. The van der Waals surface area contributed by atoms with Crippen LogP contribution in [0.2, 0.25) is 0 Å². The molecule has 0 saturated carbocycles. The fourth-order valence-electron chi connectivity index (χ4n) is 2.79. The van der Waals surface area contributed by atoms with E-state index in [1.807, 2.05) is 11.9 Å². The molecule has 1 saturated heterocycles. The Hall–Kier alpha value is -2.45. The molecule has 3 heterocycles. The first-order chi connectivity index (χ1) is 13.2. The summed E-state index contributed by atoms with van der Waals surface area (Å²) < 4.78 is 16.3. The number of hydrogen-bond acceptors (Lipinski definition) is 7. The van der Waals surface area contributed by atoms with Crippen LogP contribution in [0.3, 0.4) is 0 Å². The van der Waals surface area contributed by atoms with E-state index in [1.165, 1.54) is 6.20 Å². The van der Waals surface area contributed by atoms with Crippen LogP contribution >= 0.6 is 0 Å². The molecule has 0 radical (unpaired) electrons. The number of unbranched alkanes of at least 4 members (excludes halogenated alkanes) is 1. The fourth-order valence-corrected chi connectivity index (χ4v) is 2.79. The number of nitrogens with zero attached hydrogens (tertiary/aromatic N) is 3. The molecular weight excluding hydrogens is 348 g/mol. The van der Waals surface area contributed by atoms with E-state index >= 15 is 0 Å². The maximum absolute atomic E-state index is 12.3. The molecule has 1 aliphatic rings. The first-order valence-corrected chi connectivity index (χ1v) is 9.34. The standard InChI is InChI=1S/C19H26N4O4/c1-3-4-5-17-16(14(2)27-22-17)13-26-18-7-6-15(12-20-18)19(24)21-23-8-10-25-11-9-23/h6-7,12H,3-5,8-11,13H2,1-2H3,(H,21,24). The summed E-state index contributed by atoms with van der Waals surface area (Å²) in [6, 6.07) is 3.40. The summed E-state index contributed by atoms with van der Waals surface area (Å²) >= 11 is 0.